The first kappa shape index (κ1) is 30.1. The van der Waals surface area contributed by atoms with Crippen molar-refractivity contribution >= 4 is 29.2 Å². The van der Waals surface area contributed by atoms with E-state index in [4.69, 9.17) is 16.3 Å². The number of carbonyl (C=O) groups is 2. The number of ether oxygens (including phenoxy) is 1. The number of aryl methyl sites for hydroxylation is 1. The van der Waals surface area contributed by atoms with Gasteiger partial charge in [0, 0.05) is 37.6 Å². The number of hydrogen-bond donors (Lipinski definition) is 3. The number of carboxylic acids is 1. The molecule has 1 amide bonds. The van der Waals surface area contributed by atoms with Gasteiger partial charge in [-0.25, -0.2) is 4.79 Å². The molecule has 3 atom stereocenters. The number of rotatable bonds is 1. The molecule has 2 aromatic rings. The first-order valence-electron chi connectivity index (χ1n) is 14.7. The third-order valence-corrected chi connectivity index (χ3v) is 8.95. The number of halogens is 1. The fraction of sp³-hybridized carbons (Fsp3) is 0.455. The summed E-state index contributed by atoms with van der Waals surface area (Å²) in [4.78, 5) is 29.2. The summed E-state index contributed by atoms with van der Waals surface area (Å²) in [5, 5.41) is 33.3. The number of hydrogen-bond acceptors (Lipinski definition) is 6. The van der Waals surface area contributed by atoms with Gasteiger partial charge in [-0.3, -0.25) is 4.79 Å². The average molecular weight is 595 g/mol. The second-order valence-corrected chi connectivity index (χ2v) is 12.0. The van der Waals surface area contributed by atoms with Crippen molar-refractivity contribution in [2.75, 3.05) is 31.6 Å². The van der Waals surface area contributed by atoms with Gasteiger partial charge >= 0.3 is 5.97 Å². The minimum absolute atomic E-state index is 0.115. The zero-order valence-electron chi connectivity index (χ0n) is 24.0. The van der Waals surface area contributed by atoms with Crippen molar-refractivity contribution in [1.82, 2.24) is 4.90 Å². The number of carboxylic acid groups (broad SMARTS) is 1. The first-order chi connectivity index (χ1) is 20.2. The molecule has 5 rings (SSSR count). The largest absolute Gasteiger partial charge is 0.487 e. The normalized spacial score (nSPS) is 26.3. The Kier molecular flexibility index (Phi) is 9.25. The lowest BCUT2D eigenvalue weighted by Crippen LogP contribution is -2.42. The highest BCUT2D eigenvalue weighted by molar-refractivity contribution is 6.30. The fourth-order valence-corrected chi connectivity index (χ4v) is 6.18. The molecule has 0 radical (unpaired) electrons. The van der Waals surface area contributed by atoms with Gasteiger partial charge in [-0.2, -0.15) is 0 Å². The van der Waals surface area contributed by atoms with E-state index >= 15 is 0 Å². The highest BCUT2D eigenvalue weighted by atomic mass is 35.5. The number of benzene rings is 2. The van der Waals surface area contributed by atoms with Gasteiger partial charge in [0.2, 0.25) is 5.91 Å². The van der Waals surface area contributed by atoms with Crippen LogP contribution in [0.5, 0.6) is 5.75 Å². The first-order valence-corrected chi connectivity index (χ1v) is 15.1. The molecule has 0 unspecified atom stereocenters. The van der Waals surface area contributed by atoms with Crippen molar-refractivity contribution in [3.63, 3.8) is 0 Å². The Morgan fingerprint density at radius 1 is 1.10 bits per heavy atom. The Labute approximate surface area is 251 Å². The Bertz CT molecular complexity index is 1390. The van der Waals surface area contributed by atoms with E-state index in [1.54, 1.807) is 19.2 Å². The van der Waals surface area contributed by atoms with Crippen LogP contribution in [0.15, 0.2) is 60.2 Å². The number of nitrogens with zero attached hydrogens (tertiary/aromatic N) is 2. The molecule has 2 heterocycles. The maximum Gasteiger partial charge on any atom is 0.340 e. The molecule has 0 fully saturated rings. The van der Waals surface area contributed by atoms with Crippen molar-refractivity contribution in [3.05, 3.63) is 81.9 Å². The van der Waals surface area contributed by atoms with E-state index in [0.717, 1.165) is 42.4 Å². The van der Waals surface area contributed by atoms with E-state index < -0.39 is 30.0 Å². The van der Waals surface area contributed by atoms with Crippen molar-refractivity contribution in [1.29, 1.82) is 0 Å². The maximum absolute atomic E-state index is 13.1. The molecule has 2 bridgehead atoms. The van der Waals surface area contributed by atoms with Crippen molar-refractivity contribution < 1.29 is 29.6 Å². The van der Waals surface area contributed by atoms with Gasteiger partial charge in [0.05, 0.1) is 18.2 Å². The van der Waals surface area contributed by atoms with Gasteiger partial charge in [0.1, 0.15) is 12.4 Å². The number of allylic oxidation sites excluding steroid dienone is 2. The van der Waals surface area contributed by atoms with Crippen molar-refractivity contribution in [2.24, 2.45) is 5.92 Å². The second-order valence-electron chi connectivity index (χ2n) is 11.6. The van der Waals surface area contributed by atoms with Crippen molar-refractivity contribution in [3.8, 4) is 5.75 Å². The van der Waals surface area contributed by atoms with Crippen LogP contribution in [0, 0.1) is 5.92 Å². The smallest absolute Gasteiger partial charge is 0.340 e. The minimum atomic E-state index is -2.41. The topological polar surface area (TPSA) is 111 Å². The average Bonchev–Trinajstić information content (AvgIpc) is 2.97. The monoisotopic (exact) mass is 594 g/mol. The summed E-state index contributed by atoms with van der Waals surface area (Å²) in [6, 6.07) is 10.7. The van der Waals surface area contributed by atoms with Gasteiger partial charge in [0.15, 0.2) is 5.60 Å². The molecule has 224 valence electrons. The van der Waals surface area contributed by atoms with Crippen LogP contribution >= 0.6 is 11.6 Å². The van der Waals surface area contributed by atoms with Crippen LogP contribution in [0.3, 0.4) is 0 Å². The lowest BCUT2D eigenvalue weighted by Gasteiger charge is -2.37. The zero-order valence-corrected chi connectivity index (χ0v) is 24.7. The lowest BCUT2D eigenvalue weighted by molar-refractivity contribution is -0.164. The molecule has 2 aliphatic heterocycles. The van der Waals surface area contributed by atoms with Crippen LogP contribution < -0.4 is 9.64 Å². The molecule has 0 saturated carbocycles. The number of amides is 1. The lowest BCUT2D eigenvalue weighted by atomic mass is 9.80. The maximum atomic E-state index is 13.1. The molecule has 42 heavy (non-hydrogen) atoms. The molecular weight excluding hydrogens is 556 g/mol. The molecular formula is C33H39ClN2O6. The summed E-state index contributed by atoms with van der Waals surface area (Å²) >= 11 is 6.30. The Balaban J connectivity index is 1.58. The number of aliphatic hydroxyl groups excluding tert-OH is 1. The highest BCUT2D eigenvalue weighted by Gasteiger charge is 2.42. The molecule has 2 aromatic carbocycles. The fourth-order valence-electron chi connectivity index (χ4n) is 5.99. The van der Waals surface area contributed by atoms with Crippen LogP contribution in [0.1, 0.15) is 55.2 Å². The van der Waals surface area contributed by atoms with Gasteiger partial charge in [0.25, 0.3) is 0 Å². The Morgan fingerprint density at radius 3 is 2.69 bits per heavy atom. The van der Waals surface area contributed by atoms with Crippen LogP contribution in [-0.2, 0) is 28.2 Å². The predicted molar refractivity (Wildman–Crippen MR) is 162 cm³/mol. The summed E-state index contributed by atoms with van der Waals surface area (Å²) in [5.74, 6) is -1.27. The summed E-state index contributed by atoms with van der Waals surface area (Å²) in [7, 11) is 1.61. The van der Waals surface area contributed by atoms with E-state index in [1.165, 1.54) is 11.0 Å². The number of aliphatic carboxylic acids is 1. The van der Waals surface area contributed by atoms with Gasteiger partial charge in [-0.05, 0) is 85.1 Å². The number of carbonyl (C=O) groups excluding carboxylic acids is 1. The van der Waals surface area contributed by atoms with E-state index in [9.17, 15) is 24.9 Å². The van der Waals surface area contributed by atoms with Crippen LogP contribution in [-0.4, -0.2) is 64.9 Å². The molecule has 0 saturated heterocycles. The third-order valence-electron chi connectivity index (χ3n) is 8.71. The summed E-state index contributed by atoms with van der Waals surface area (Å²) in [5.41, 5.74) is 1.51. The van der Waals surface area contributed by atoms with E-state index in [0.29, 0.717) is 55.5 Å². The molecule has 0 aromatic heterocycles. The van der Waals surface area contributed by atoms with Crippen LogP contribution in [0.2, 0.25) is 5.02 Å². The Hall–Kier alpha value is -3.33. The van der Waals surface area contributed by atoms with Gasteiger partial charge in [-0.15, -0.1) is 0 Å². The number of fused-ring (bicyclic) bond motifs is 3. The molecule has 3 aliphatic rings. The quantitative estimate of drug-likeness (QED) is 0.405. The van der Waals surface area contributed by atoms with E-state index in [-0.39, 0.29) is 11.5 Å². The molecule has 8 nitrogen and oxygen atoms in total. The van der Waals surface area contributed by atoms with Gasteiger partial charge in [-0.1, -0.05) is 42.0 Å². The molecule has 9 heteroatoms. The SMILES string of the molecule is CN1CCC/C=C/[C@H](O)C2=CC[C@H]2CN2CCCCc3cc(Cl)ccc3COc3ccc(cc32)[C@@](O)(C(=O)O)CC1=O. The Morgan fingerprint density at radius 2 is 1.93 bits per heavy atom. The second kappa shape index (κ2) is 12.9. The third kappa shape index (κ3) is 6.51. The van der Waals surface area contributed by atoms with E-state index in [2.05, 4.69) is 11.0 Å². The number of anilines is 1. The molecule has 0 spiro atoms. The molecule has 1 aliphatic carbocycles. The summed E-state index contributed by atoms with van der Waals surface area (Å²) in [6.07, 6.45) is 9.31. The summed E-state index contributed by atoms with van der Waals surface area (Å²) < 4.78 is 6.37. The standard InChI is InChI=1S/C33H39ClN2O6/c1-35-15-5-2-3-8-29(37)27-13-10-23(27)20-36-16-6-4-7-22-17-26(34)12-9-24(22)21-42-30-14-11-25(18-28(30)36)33(41,32(39)40)19-31(35)38/h3,8-9,11-14,17-18,23,29,37,41H,2,4-7,10,15-16,19-21H2,1H3,(H,39,40)/b8-3+/t23-,29-,33+/m0/s1. The van der Waals surface area contributed by atoms with Crippen LogP contribution in [0.25, 0.3) is 0 Å². The van der Waals surface area contributed by atoms with Crippen molar-refractivity contribution in [2.45, 2.75) is 63.3 Å². The minimum Gasteiger partial charge on any atom is -0.487 e. The zero-order chi connectivity index (χ0) is 29.9. The molecule has 3 N–H and O–H groups in total. The van der Waals surface area contributed by atoms with E-state index in [1.807, 2.05) is 30.4 Å². The summed E-state index contributed by atoms with van der Waals surface area (Å²) in [6.45, 7) is 1.97. The van der Waals surface area contributed by atoms with Crippen LogP contribution in [0.4, 0.5) is 5.69 Å². The predicted octanol–water partition coefficient (Wildman–Crippen LogP) is 4.84. The highest BCUT2D eigenvalue weighted by Crippen LogP contribution is 2.39. The number of aliphatic hydroxyl groups is 2. The van der Waals surface area contributed by atoms with Gasteiger partial charge < -0.3 is 29.9 Å².